The number of carboxylic acid groups (broad SMARTS) is 1. The van der Waals surface area contributed by atoms with Gasteiger partial charge in [-0.1, -0.05) is 36.8 Å². The third-order valence-electron chi connectivity index (χ3n) is 5.69. The van der Waals surface area contributed by atoms with Crippen LogP contribution in [-0.2, 0) is 13.0 Å². The van der Waals surface area contributed by atoms with Gasteiger partial charge in [-0.15, -0.1) is 0 Å². The average molecular weight is 460 g/mol. The molecule has 3 aromatic heterocycles. The number of aryl methyl sites for hydroxylation is 2. The van der Waals surface area contributed by atoms with E-state index in [1.54, 1.807) is 0 Å². The predicted molar refractivity (Wildman–Crippen MR) is 121 cm³/mol. The fraction of sp³-hybridized carbons (Fsp3) is 0.208. The maximum Gasteiger partial charge on any atom is 0.357 e. The van der Waals surface area contributed by atoms with Crippen LogP contribution in [0.5, 0.6) is 0 Å². The number of hydrogen-bond acceptors (Lipinski definition) is 7. The summed E-state index contributed by atoms with van der Waals surface area (Å²) < 4.78 is 12.3. The molecule has 172 valence electrons. The molecule has 0 fully saturated rings. The molecule has 10 heteroatoms. The highest BCUT2D eigenvalue weighted by atomic mass is 16.4. The van der Waals surface area contributed by atoms with Crippen molar-refractivity contribution in [3.8, 4) is 0 Å². The molecule has 0 radical (unpaired) electrons. The molecule has 4 aromatic rings. The van der Waals surface area contributed by atoms with Crippen LogP contribution in [0.1, 0.15) is 68.8 Å². The van der Waals surface area contributed by atoms with E-state index in [1.165, 1.54) is 10.8 Å². The Morgan fingerprint density at radius 2 is 2.00 bits per heavy atom. The van der Waals surface area contributed by atoms with Crippen LogP contribution in [0, 0.1) is 6.92 Å². The van der Waals surface area contributed by atoms with Crippen LogP contribution >= 0.6 is 0 Å². The van der Waals surface area contributed by atoms with Crippen molar-refractivity contribution in [3.63, 3.8) is 0 Å². The zero-order valence-electron chi connectivity index (χ0n) is 18.4. The normalized spacial score (nSPS) is 14.5. The molecule has 5 rings (SSSR count). The van der Waals surface area contributed by atoms with Gasteiger partial charge in [0, 0.05) is 18.2 Å². The van der Waals surface area contributed by atoms with Crippen molar-refractivity contribution >= 4 is 18.1 Å². The number of rotatable bonds is 5. The first kappa shape index (κ1) is 21.4. The van der Waals surface area contributed by atoms with E-state index in [0.717, 1.165) is 23.0 Å². The number of nitrogens with zero attached hydrogens (tertiary/aromatic N) is 3. The largest absolute Gasteiger partial charge is 0.476 e. The average Bonchev–Trinajstić information content (AvgIpc) is 3.41. The van der Waals surface area contributed by atoms with Gasteiger partial charge in [-0.05, 0) is 24.1 Å². The Kier molecular flexibility index (Phi) is 5.12. The van der Waals surface area contributed by atoms with Crippen LogP contribution in [0.4, 0.5) is 0 Å². The molecule has 1 atom stereocenters. The summed E-state index contributed by atoms with van der Waals surface area (Å²) in [6.45, 7) is 3.75. The van der Waals surface area contributed by atoms with Gasteiger partial charge in [-0.2, -0.15) is 0 Å². The number of nitrogens with one attached hydrogen (secondary N) is 1. The number of oxazole rings is 2. The van der Waals surface area contributed by atoms with Crippen LogP contribution in [-0.4, -0.2) is 30.6 Å². The Hall–Kier alpha value is -4.47. The summed E-state index contributed by atoms with van der Waals surface area (Å²) in [5.74, 6) is -0.730. The number of aromatic nitrogens is 4. The number of hydrogen-bond donors (Lipinski definition) is 2. The van der Waals surface area contributed by atoms with Crippen molar-refractivity contribution < 1.29 is 18.7 Å². The van der Waals surface area contributed by atoms with E-state index in [-0.39, 0.29) is 23.7 Å². The third-order valence-corrected chi connectivity index (χ3v) is 5.69. The van der Waals surface area contributed by atoms with Gasteiger partial charge in [0.25, 0.3) is 5.56 Å². The van der Waals surface area contributed by atoms with Crippen molar-refractivity contribution in [2.75, 3.05) is 0 Å². The number of fused-ring (bicyclic) bond motifs is 2. The van der Waals surface area contributed by atoms with E-state index in [9.17, 15) is 14.4 Å². The minimum atomic E-state index is -1.24. The Bertz CT molecular complexity index is 1570. The molecule has 0 amide bonds. The molecule has 0 spiro atoms. The van der Waals surface area contributed by atoms with Gasteiger partial charge < -0.3 is 13.9 Å². The number of H-pyrrole nitrogens is 1. The maximum absolute atomic E-state index is 13.0. The SMILES string of the molecule is CCc1nc2c(o1)C=Cc1cc(C)ccc1C2c1cn(Cc2nc(C(=O)O)co2)c(=O)[nH]c1=O. The maximum atomic E-state index is 13.0. The van der Waals surface area contributed by atoms with Gasteiger partial charge in [-0.3, -0.25) is 14.3 Å². The summed E-state index contributed by atoms with van der Waals surface area (Å²) >= 11 is 0. The van der Waals surface area contributed by atoms with Crippen molar-refractivity contribution in [2.24, 2.45) is 0 Å². The standard InChI is InChI=1S/C24H20N4O6/c1-3-18-26-21-17(34-18)7-5-13-8-12(2)4-6-14(13)20(21)15-9-28(24(32)27-22(15)29)10-19-25-16(11-33-19)23(30)31/h4-9,11,20H,3,10H2,1-2H3,(H,30,31)(H,27,29,32). The smallest absolute Gasteiger partial charge is 0.357 e. The lowest BCUT2D eigenvalue weighted by atomic mass is 9.87. The van der Waals surface area contributed by atoms with E-state index in [2.05, 4.69) is 15.0 Å². The van der Waals surface area contributed by atoms with Crippen LogP contribution in [0.25, 0.3) is 12.2 Å². The van der Waals surface area contributed by atoms with Crippen LogP contribution in [0.2, 0.25) is 0 Å². The van der Waals surface area contributed by atoms with Gasteiger partial charge in [0.2, 0.25) is 5.89 Å². The molecule has 0 bridgehead atoms. The summed E-state index contributed by atoms with van der Waals surface area (Å²) in [4.78, 5) is 47.6. The van der Waals surface area contributed by atoms with E-state index < -0.39 is 23.1 Å². The lowest BCUT2D eigenvalue weighted by Crippen LogP contribution is -2.33. The van der Waals surface area contributed by atoms with Crippen LogP contribution in [0.15, 0.2) is 49.1 Å². The Balaban J connectivity index is 1.68. The highest BCUT2D eigenvalue weighted by molar-refractivity contribution is 5.84. The van der Waals surface area contributed by atoms with E-state index in [4.69, 9.17) is 13.9 Å². The van der Waals surface area contributed by atoms with Gasteiger partial charge >= 0.3 is 11.7 Å². The van der Waals surface area contributed by atoms with E-state index in [1.807, 2.05) is 44.2 Å². The fourth-order valence-electron chi connectivity index (χ4n) is 4.07. The molecule has 10 nitrogen and oxygen atoms in total. The summed E-state index contributed by atoms with van der Waals surface area (Å²) in [7, 11) is 0. The molecular formula is C24H20N4O6. The molecule has 1 aromatic carbocycles. The first-order valence-corrected chi connectivity index (χ1v) is 10.6. The molecular weight excluding hydrogens is 440 g/mol. The lowest BCUT2D eigenvalue weighted by molar-refractivity contribution is 0.0690. The zero-order chi connectivity index (χ0) is 24.0. The molecule has 2 N–H and O–H groups in total. The molecule has 34 heavy (non-hydrogen) atoms. The first-order chi connectivity index (χ1) is 16.3. The van der Waals surface area contributed by atoms with E-state index >= 15 is 0 Å². The Labute approximate surface area is 192 Å². The minimum absolute atomic E-state index is 0.0199. The summed E-state index contributed by atoms with van der Waals surface area (Å²) in [5, 5.41) is 9.06. The second-order valence-electron chi connectivity index (χ2n) is 8.01. The molecule has 0 saturated heterocycles. The highest BCUT2D eigenvalue weighted by Crippen LogP contribution is 2.38. The number of carboxylic acids is 1. The Morgan fingerprint density at radius 3 is 2.74 bits per heavy atom. The van der Waals surface area contributed by atoms with Crippen molar-refractivity contribution in [1.82, 2.24) is 19.5 Å². The number of carbonyl (C=O) groups is 1. The topological polar surface area (TPSA) is 144 Å². The third kappa shape index (κ3) is 3.68. The summed E-state index contributed by atoms with van der Waals surface area (Å²) in [5.41, 5.74) is 2.18. The van der Waals surface area contributed by atoms with Crippen LogP contribution in [0.3, 0.4) is 0 Å². The van der Waals surface area contributed by atoms with Gasteiger partial charge in [-0.25, -0.2) is 19.6 Å². The fourth-order valence-corrected chi connectivity index (χ4v) is 4.07. The molecule has 1 unspecified atom stereocenters. The quantitative estimate of drug-likeness (QED) is 0.407. The molecule has 0 aliphatic heterocycles. The number of benzene rings is 1. The van der Waals surface area contributed by atoms with E-state index in [0.29, 0.717) is 23.8 Å². The van der Waals surface area contributed by atoms with Gasteiger partial charge in [0.1, 0.15) is 12.8 Å². The number of aromatic amines is 1. The van der Waals surface area contributed by atoms with Crippen molar-refractivity contribution in [2.45, 2.75) is 32.7 Å². The van der Waals surface area contributed by atoms with Crippen LogP contribution < -0.4 is 11.2 Å². The first-order valence-electron chi connectivity index (χ1n) is 10.6. The summed E-state index contributed by atoms with van der Waals surface area (Å²) in [6.07, 6.45) is 6.79. The second kappa shape index (κ2) is 8.14. The molecule has 0 saturated carbocycles. The number of aromatic carboxylic acids is 1. The molecule has 1 aliphatic rings. The Morgan fingerprint density at radius 1 is 1.18 bits per heavy atom. The van der Waals surface area contributed by atoms with Gasteiger partial charge in [0.05, 0.1) is 11.6 Å². The van der Waals surface area contributed by atoms with Crippen molar-refractivity contribution in [1.29, 1.82) is 0 Å². The lowest BCUT2D eigenvalue weighted by Gasteiger charge is -2.18. The summed E-state index contributed by atoms with van der Waals surface area (Å²) in [6, 6.07) is 5.91. The second-order valence-corrected chi connectivity index (χ2v) is 8.01. The molecule has 1 aliphatic carbocycles. The zero-order valence-corrected chi connectivity index (χ0v) is 18.4. The highest BCUT2D eigenvalue weighted by Gasteiger charge is 2.30. The predicted octanol–water partition coefficient (Wildman–Crippen LogP) is 2.79. The monoisotopic (exact) mass is 460 g/mol. The minimum Gasteiger partial charge on any atom is -0.476 e. The molecule has 3 heterocycles. The van der Waals surface area contributed by atoms with Crippen molar-refractivity contribution in [3.05, 3.63) is 103 Å². The van der Waals surface area contributed by atoms with Gasteiger partial charge in [0.15, 0.2) is 17.3 Å².